The normalized spacial score (nSPS) is 11.0. The highest BCUT2D eigenvalue weighted by Gasteiger charge is 2.15. The average Bonchev–Trinajstić information content (AvgIpc) is 2.53. The van der Waals surface area contributed by atoms with E-state index in [2.05, 4.69) is 16.5 Å². The van der Waals surface area contributed by atoms with Gasteiger partial charge in [0.1, 0.15) is 0 Å². The monoisotopic (exact) mass is 281 g/mol. The number of hydrogen-bond donors (Lipinski definition) is 1. The average molecular weight is 281 g/mol. The molecule has 21 heavy (non-hydrogen) atoms. The first-order chi connectivity index (χ1) is 10.2. The Morgan fingerprint density at radius 3 is 2.33 bits per heavy atom. The van der Waals surface area contributed by atoms with E-state index < -0.39 is 5.97 Å². The van der Waals surface area contributed by atoms with Gasteiger partial charge >= 0.3 is 5.97 Å². The molecule has 0 atom stereocenters. The molecule has 1 aromatic heterocycles. The predicted molar refractivity (Wildman–Crippen MR) is 81.5 cm³/mol. The van der Waals surface area contributed by atoms with Gasteiger partial charge in [0.2, 0.25) is 5.95 Å². The highest BCUT2D eigenvalue weighted by molar-refractivity contribution is 5.87. The summed E-state index contributed by atoms with van der Waals surface area (Å²) in [6.45, 7) is 5.68. The highest BCUT2D eigenvalue weighted by atomic mass is 16.4. The van der Waals surface area contributed by atoms with Crippen LogP contribution in [0.15, 0.2) is 67.2 Å². The van der Waals surface area contributed by atoms with Crippen LogP contribution in [0, 0.1) is 0 Å². The van der Waals surface area contributed by atoms with E-state index in [0.29, 0.717) is 5.95 Å². The Morgan fingerprint density at radius 1 is 1.24 bits per heavy atom. The van der Waals surface area contributed by atoms with Gasteiger partial charge in [-0.15, -0.1) is 0 Å². The number of allylic oxidation sites excluding steroid dienone is 2. The standard InChI is InChI=1S/C16H15N3O2/c1-3-13(4-2)19(14-8-6-5-7-9-14)16-17-10-12(11-18-16)15(20)21/h3-11H,1H2,2H3,(H,20,21)/b13-4+. The summed E-state index contributed by atoms with van der Waals surface area (Å²) in [5.74, 6) is -0.665. The lowest BCUT2D eigenvalue weighted by atomic mass is 10.2. The lowest BCUT2D eigenvalue weighted by Gasteiger charge is -2.23. The van der Waals surface area contributed by atoms with Crippen molar-refractivity contribution in [2.45, 2.75) is 6.92 Å². The fourth-order valence-electron chi connectivity index (χ4n) is 1.84. The minimum atomic E-state index is -1.05. The van der Waals surface area contributed by atoms with Crippen LogP contribution < -0.4 is 4.90 Å². The molecular weight excluding hydrogens is 266 g/mol. The number of anilines is 2. The van der Waals surface area contributed by atoms with Crippen molar-refractivity contribution in [1.29, 1.82) is 0 Å². The number of aromatic nitrogens is 2. The molecule has 2 rings (SSSR count). The summed E-state index contributed by atoms with van der Waals surface area (Å²) in [6, 6.07) is 9.57. The zero-order valence-corrected chi connectivity index (χ0v) is 11.6. The molecule has 0 radical (unpaired) electrons. The quantitative estimate of drug-likeness (QED) is 0.851. The Morgan fingerprint density at radius 2 is 1.86 bits per heavy atom. The van der Waals surface area contributed by atoms with Gasteiger partial charge < -0.3 is 5.11 Å². The first kappa shape index (κ1) is 14.5. The molecule has 1 heterocycles. The number of rotatable bonds is 5. The number of aromatic carboxylic acids is 1. The number of benzene rings is 1. The topological polar surface area (TPSA) is 66.3 Å². The van der Waals surface area contributed by atoms with Gasteiger partial charge in [0.25, 0.3) is 0 Å². The van der Waals surface area contributed by atoms with Crippen molar-refractivity contribution < 1.29 is 9.90 Å². The van der Waals surface area contributed by atoms with Crippen molar-refractivity contribution in [3.8, 4) is 0 Å². The van der Waals surface area contributed by atoms with Crippen molar-refractivity contribution in [3.63, 3.8) is 0 Å². The third kappa shape index (κ3) is 3.14. The molecule has 0 aliphatic rings. The molecule has 2 aromatic rings. The summed E-state index contributed by atoms with van der Waals surface area (Å²) in [5, 5.41) is 8.91. The van der Waals surface area contributed by atoms with Gasteiger partial charge in [0, 0.05) is 23.8 Å². The fraction of sp³-hybridized carbons (Fsp3) is 0.0625. The smallest absolute Gasteiger partial charge is 0.338 e. The summed E-state index contributed by atoms with van der Waals surface area (Å²) in [7, 11) is 0. The second kappa shape index (κ2) is 6.47. The van der Waals surface area contributed by atoms with Gasteiger partial charge in [0.05, 0.1) is 5.56 Å². The lowest BCUT2D eigenvalue weighted by molar-refractivity contribution is 0.0696. The zero-order chi connectivity index (χ0) is 15.2. The molecule has 1 aromatic carbocycles. The molecule has 0 spiro atoms. The molecule has 5 heteroatoms. The van der Waals surface area contributed by atoms with E-state index in [1.165, 1.54) is 12.4 Å². The summed E-state index contributed by atoms with van der Waals surface area (Å²) >= 11 is 0. The molecule has 0 unspecified atom stereocenters. The molecule has 0 saturated carbocycles. The van der Waals surface area contributed by atoms with Crippen LogP contribution in [0.3, 0.4) is 0 Å². The maximum absolute atomic E-state index is 10.9. The second-order valence-electron chi connectivity index (χ2n) is 4.17. The largest absolute Gasteiger partial charge is 0.478 e. The highest BCUT2D eigenvalue weighted by Crippen LogP contribution is 2.26. The Bertz CT molecular complexity index is 664. The molecular formula is C16H15N3O2. The molecule has 5 nitrogen and oxygen atoms in total. The van der Waals surface area contributed by atoms with Crippen LogP contribution in [-0.4, -0.2) is 21.0 Å². The number of para-hydroxylation sites is 1. The number of carboxylic acids is 1. The Kier molecular flexibility index (Phi) is 4.46. The van der Waals surface area contributed by atoms with E-state index in [4.69, 9.17) is 5.11 Å². The van der Waals surface area contributed by atoms with Gasteiger partial charge in [-0.05, 0) is 25.1 Å². The van der Waals surface area contributed by atoms with Crippen LogP contribution in [0.25, 0.3) is 0 Å². The lowest BCUT2D eigenvalue weighted by Crippen LogP contribution is -2.18. The molecule has 0 aliphatic heterocycles. The van der Waals surface area contributed by atoms with Gasteiger partial charge in [-0.25, -0.2) is 14.8 Å². The molecule has 0 aliphatic carbocycles. The molecule has 1 N–H and O–H groups in total. The van der Waals surface area contributed by atoms with Gasteiger partial charge in [-0.2, -0.15) is 0 Å². The summed E-state index contributed by atoms with van der Waals surface area (Å²) in [6.07, 6.45) is 6.16. The number of carboxylic acid groups (broad SMARTS) is 1. The Labute approximate surface area is 122 Å². The summed E-state index contributed by atoms with van der Waals surface area (Å²) < 4.78 is 0. The van der Waals surface area contributed by atoms with Crippen molar-refractivity contribution in [2.75, 3.05) is 4.90 Å². The third-order valence-corrected chi connectivity index (χ3v) is 2.86. The van der Waals surface area contributed by atoms with Crippen molar-refractivity contribution in [2.24, 2.45) is 0 Å². The maximum atomic E-state index is 10.9. The van der Waals surface area contributed by atoms with Crippen LogP contribution >= 0.6 is 0 Å². The van der Waals surface area contributed by atoms with Crippen LogP contribution in [0.4, 0.5) is 11.6 Å². The zero-order valence-electron chi connectivity index (χ0n) is 11.6. The van der Waals surface area contributed by atoms with E-state index in [1.807, 2.05) is 43.3 Å². The third-order valence-electron chi connectivity index (χ3n) is 2.86. The maximum Gasteiger partial charge on any atom is 0.338 e. The predicted octanol–water partition coefficient (Wildman–Crippen LogP) is 3.40. The molecule has 0 bridgehead atoms. The van der Waals surface area contributed by atoms with E-state index >= 15 is 0 Å². The van der Waals surface area contributed by atoms with E-state index in [1.54, 1.807) is 11.0 Å². The minimum Gasteiger partial charge on any atom is -0.478 e. The van der Waals surface area contributed by atoms with Gasteiger partial charge in [-0.3, -0.25) is 4.90 Å². The summed E-state index contributed by atoms with van der Waals surface area (Å²) in [4.78, 5) is 21.0. The number of carbonyl (C=O) groups is 1. The van der Waals surface area contributed by atoms with Gasteiger partial charge in [-0.1, -0.05) is 30.9 Å². The SMILES string of the molecule is C=C/C(=C\C)N(c1ccccc1)c1ncc(C(=O)O)cn1. The van der Waals surface area contributed by atoms with Gasteiger partial charge in [0.15, 0.2) is 0 Å². The van der Waals surface area contributed by atoms with Crippen LogP contribution in [0.1, 0.15) is 17.3 Å². The van der Waals surface area contributed by atoms with Crippen molar-refractivity contribution in [1.82, 2.24) is 9.97 Å². The summed E-state index contributed by atoms with van der Waals surface area (Å²) in [5.41, 5.74) is 1.73. The Balaban J connectivity index is 2.50. The molecule has 0 saturated heterocycles. The number of hydrogen-bond acceptors (Lipinski definition) is 4. The molecule has 106 valence electrons. The van der Waals surface area contributed by atoms with Crippen molar-refractivity contribution in [3.05, 3.63) is 72.7 Å². The first-order valence-electron chi connectivity index (χ1n) is 6.36. The number of nitrogens with zero attached hydrogens (tertiary/aromatic N) is 3. The van der Waals surface area contributed by atoms with Crippen molar-refractivity contribution >= 4 is 17.6 Å². The van der Waals surface area contributed by atoms with E-state index in [0.717, 1.165) is 11.4 Å². The van der Waals surface area contributed by atoms with Crippen LogP contribution in [0.2, 0.25) is 0 Å². The van der Waals surface area contributed by atoms with E-state index in [-0.39, 0.29) is 5.56 Å². The minimum absolute atomic E-state index is 0.0485. The van der Waals surface area contributed by atoms with Crippen LogP contribution in [-0.2, 0) is 0 Å². The van der Waals surface area contributed by atoms with Crippen LogP contribution in [0.5, 0.6) is 0 Å². The first-order valence-corrected chi connectivity index (χ1v) is 6.36. The Hall–Kier alpha value is -2.95. The molecule has 0 amide bonds. The van der Waals surface area contributed by atoms with E-state index in [9.17, 15) is 4.79 Å². The molecule has 0 fully saturated rings. The fourth-order valence-corrected chi connectivity index (χ4v) is 1.84. The second-order valence-corrected chi connectivity index (χ2v) is 4.17.